The van der Waals surface area contributed by atoms with Crippen LogP contribution in [0.3, 0.4) is 0 Å². The van der Waals surface area contributed by atoms with Crippen molar-refractivity contribution in [1.82, 2.24) is 9.78 Å². The normalized spacial score (nSPS) is 10.7. The van der Waals surface area contributed by atoms with E-state index in [-0.39, 0.29) is 0 Å². The van der Waals surface area contributed by atoms with Gasteiger partial charge in [-0.2, -0.15) is 5.10 Å². The Balaban J connectivity index is 2.58. The van der Waals surface area contributed by atoms with Crippen LogP contribution in [-0.4, -0.2) is 16.9 Å². The number of ether oxygens (including phenoxy) is 1. The molecule has 2 N–H and O–H groups in total. The summed E-state index contributed by atoms with van der Waals surface area (Å²) in [6, 6.07) is 5.65. The van der Waals surface area contributed by atoms with Gasteiger partial charge in [0.2, 0.25) is 0 Å². The molecule has 0 aliphatic rings. The lowest BCUT2D eigenvalue weighted by Crippen LogP contribution is -2.01. The summed E-state index contributed by atoms with van der Waals surface area (Å²) in [6.45, 7) is 6.25. The van der Waals surface area contributed by atoms with Gasteiger partial charge in [-0.1, -0.05) is 6.92 Å². The van der Waals surface area contributed by atoms with E-state index in [2.05, 4.69) is 18.9 Å². The third-order valence-electron chi connectivity index (χ3n) is 3.19. The Morgan fingerprint density at radius 1 is 1.28 bits per heavy atom. The Hall–Kier alpha value is -1.97. The van der Waals surface area contributed by atoms with E-state index in [1.165, 1.54) is 5.56 Å². The summed E-state index contributed by atoms with van der Waals surface area (Å²) >= 11 is 0. The van der Waals surface area contributed by atoms with Gasteiger partial charge in [-0.25, -0.2) is 4.68 Å². The quantitative estimate of drug-likeness (QED) is 0.846. The maximum atomic E-state index is 5.88. The zero-order chi connectivity index (χ0) is 13.3. The summed E-state index contributed by atoms with van der Waals surface area (Å²) < 4.78 is 7.16. The van der Waals surface area contributed by atoms with Crippen molar-refractivity contribution in [1.29, 1.82) is 0 Å². The Labute approximate surface area is 107 Å². The fourth-order valence-corrected chi connectivity index (χ4v) is 2.28. The van der Waals surface area contributed by atoms with Gasteiger partial charge in [0.05, 0.1) is 18.5 Å². The van der Waals surface area contributed by atoms with Crippen LogP contribution in [0.2, 0.25) is 0 Å². The SMILES string of the molecule is CCc1c(C)nn(-c2cc(N)cc(OC)c2)c1C. The van der Waals surface area contributed by atoms with Crippen LogP contribution in [0.5, 0.6) is 5.75 Å². The maximum absolute atomic E-state index is 5.88. The average molecular weight is 245 g/mol. The van der Waals surface area contributed by atoms with Crippen LogP contribution in [0, 0.1) is 13.8 Å². The molecule has 18 heavy (non-hydrogen) atoms. The molecule has 0 aliphatic heterocycles. The van der Waals surface area contributed by atoms with Crippen molar-refractivity contribution < 1.29 is 4.74 Å². The molecule has 1 heterocycles. The fourth-order valence-electron chi connectivity index (χ4n) is 2.28. The first-order valence-electron chi connectivity index (χ1n) is 6.06. The summed E-state index contributed by atoms with van der Waals surface area (Å²) in [6.07, 6.45) is 0.983. The molecule has 0 radical (unpaired) electrons. The molecule has 4 heteroatoms. The predicted octanol–water partition coefficient (Wildman–Crippen LogP) is 2.64. The molecule has 0 saturated heterocycles. The number of aryl methyl sites for hydroxylation is 1. The van der Waals surface area contributed by atoms with Crippen molar-refractivity contribution in [3.05, 3.63) is 35.2 Å². The Bertz CT molecular complexity index is 573. The minimum Gasteiger partial charge on any atom is -0.497 e. The third kappa shape index (κ3) is 2.06. The monoisotopic (exact) mass is 245 g/mol. The lowest BCUT2D eigenvalue weighted by atomic mass is 10.1. The predicted molar refractivity (Wildman–Crippen MR) is 73.4 cm³/mol. The number of benzene rings is 1. The smallest absolute Gasteiger partial charge is 0.123 e. The summed E-state index contributed by atoms with van der Waals surface area (Å²) in [5.41, 5.74) is 11.0. The highest BCUT2D eigenvalue weighted by molar-refractivity contribution is 5.54. The van der Waals surface area contributed by atoms with Gasteiger partial charge in [-0.05, 0) is 31.9 Å². The van der Waals surface area contributed by atoms with Gasteiger partial charge in [0.25, 0.3) is 0 Å². The molecule has 4 nitrogen and oxygen atoms in total. The van der Waals surface area contributed by atoms with Crippen LogP contribution in [-0.2, 0) is 6.42 Å². The lowest BCUT2D eigenvalue weighted by Gasteiger charge is -2.08. The molecule has 2 aromatic rings. The van der Waals surface area contributed by atoms with E-state index in [1.807, 2.05) is 23.7 Å². The lowest BCUT2D eigenvalue weighted by molar-refractivity contribution is 0.414. The van der Waals surface area contributed by atoms with Crippen molar-refractivity contribution in [3.8, 4) is 11.4 Å². The number of nitrogen functional groups attached to an aromatic ring is 1. The number of aromatic nitrogens is 2. The van der Waals surface area contributed by atoms with Gasteiger partial charge in [-0.3, -0.25) is 0 Å². The molecular formula is C14H19N3O. The van der Waals surface area contributed by atoms with Gasteiger partial charge < -0.3 is 10.5 Å². The minimum absolute atomic E-state index is 0.676. The highest BCUT2D eigenvalue weighted by Gasteiger charge is 2.12. The van der Waals surface area contributed by atoms with Crippen molar-refractivity contribution in [3.63, 3.8) is 0 Å². The molecule has 0 saturated carbocycles. The van der Waals surface area contributed by atoms with E-state index in [1.54, 1.807) is 13.2 Å². The second-order valence-corrected chi connectivity index (χ2v) is 4.38. The van der Waals surface area contributed by atoms with E-state index in [4.69, 9.17) is 10.5 Å². The molecule has 0 fully saturated rings. The first kappa shape index (κ1) is 12.5. The molecule has 0 aliphatic carbocycles. The molecule has 0 atom stereocenters. The number of nitrogens with zero attached hydrogens (tertiary/aromatic N) is 2. The number of methoxy groups -OCH3 is 1. The largest absolute Gasteiger partial charge is 0.497 e. The minimum atomic E-state index is 0.676. The highest BCUT2D eigenvalue weighted by Crippen LogP contribution is 2.24. The molecular weight excluding hydrogens is 226 g/mol. The number of hydrogen-bond acceptors (Lipinski definition) is 3. The van der Waals surface area contributed by atoms with E-state index < -0.39 is 0 Å². The fraction of sp³-hybridized carbons (Fsp3) is 0.357. The summed E-state index contributed by atoms with van der Waals surface area (Å²) in [5, 5.41) is 4.57. The number of hydrogen-bond donors (Lipinski definition) is 1. The first-order chi connectivity index (χ1) is 8.56. The molecule has 1 aromatic heterocycles. The second kappa shape index (κ2) is 4.72. The molecule has 1 aromatic carbocycles. The van der Waals surface area contributed by atoms with Crippen molar-refractivity contribution in [2.75, 3.05) is 12.8 Å². The summed E-state index contributed by atoms with van der Waals surface area (Å²) in [7, 11) is 1.64. The number of nitrogens with two attached hydrogens (primary N) is 1. The maximum Gasteiger partial charge on any atom is 0.123 e. The topological polar surface area (TPSA) is 53.1 Å². The molecule has 0 bridgehead atoms. The van der Waals surface area contributed by atoms with Crippen LogP contribution in [0.4, 0.5) is 5.69 Å². The zero-order valence-electron chi connectivity index (χ0n) is 11.3. The van der Waals surface area contributed by atoms with Crippen LogP contribution >= 0.6 is 0 Å². The second-order valence-electron chi connectivity index (χ2n) is 4.38. The van der Waals surface area contributed by atoms with Crippen LogP contribution < -0.4 is 10.5 Å². The molecule has 0 spiro atoms. The molecule has 2 rings (SSSR count). The van der Waals surface area contributed by atoms with Gasteiger partial charge in [-0.15, -0.1) is 0 Å². The Kier molecular flexibility index (Phi) is 3.28. The first-order valence-corrected chi connectivity index (χ1v) is 6.06. The van der Waals surface area contributed by atoms with Crippen molar-refractivity contribution >= 4 is 5.69 Å². The highest BCUT2D eigenvalue weighted by atomic mass is 16.5. The Morgan fingerprint density at radius 3 is 2.56 bits per heavy atom. The molecule has 0 unspecified atom stereocenters. The van der Waals surface area contributed by atoms with E-state index in [0.29, 0.717) is 5.69 Å². The Morgan fingerprint density at radius 2 is 2.00 bits per heavy atom. The van der Waals surface area contributed by atoms with E-state index >= 15 is 0 Å². The molecule has 0 amide bonds. The zero-order valence-corrected chi connectivity index (χ0v) is 11.3. The van der Waals surface area contributed by atoms with Crippen molar-refractivity contribution in [2.24, 2.45) is 0 Å². The van der Waals surface area contributed by atoms with Crippen molar-refractivity contribution in [2.45, 2.75) is 27.2 Å². The van der Waals surface area contributed by atoms with Crippen LogP contribution in [0.1, 0.15) is 23.9 Å². The van der Waals surface area contributed by atoms with E-state index in [0.717, 1.165) is 29.2 Å². The van der Waals surface area contributed by atoms with Crippen LogP contribution in [0.25, 0.3) is 5.69 Å². The average Bonchev–Trinajstić information content (AvgIpc) is 2.63. The van der Waals surface area contributed by atoms with Gasteiger partial charge in [0.15, 0.2) is 0 Å². The third-order valence-corrected chi connectivity index (χ3v) is 3.19. The summed E-state index contributed by atoms with van der Waals surface area (Å²) in [5.74, 6) is 0.746. The van der Waals surface area contributed by atoms with Gasteiger partial charge >= 0.3 is 0 Å². The number of anilines is 1. The molecule has 96 valence electrons. The standard InChI is InChI=1S/C14H19N3O/c1-5-14-9(2)16-17(10(14)3)12-6-11(15)7-13(8-12)18-4/h6-8H,5,15H2,1-4H3. The van der Waals surface area contributed by atoms with Gasteiger partial charge in [0, 0.05) is 23.5 Å². The number of rotatable bonds is 3. The van der Waals surface area contributed by atoms with Gasteiger partial charge in [0.1, 0.15) is 5.75 Å². The van der Waals surface area contributed by atoms with E-state index in [9.17, 15) is 0 Å². The summed E-state index contributed by atoms with van der Waals surface area (Å²) in [4.78, 5) is 0. The van der Waals surface area contributed by atoms with Crippen LogP contribution in [0.15, 0.2) is 18.2 Å².